The maximum Gasteiger partial charge on any atom is 0.152 e. The van der Waals surface area contributed by atoms with Crippen molar-refractivity contribution >= 4 is 0 Å². The largest absolute Gasteiger partial charge is 0.490 e. The van der Waals surface area contributed by atoms with Gasteiger partial charge >= 0.3 is 0 Å². The maximum absolute atomic E-state index is 13.6. The van der Waals surface area contributed by atoms with E-state index < -0.39 is 6.17 Å². The third-order valence-electron chi connectivity index (χ3n) is 3.39. The fourth-order valence-corrected chi connectivity index (χ4v) is 2.35. The van der Waals surface area contributed by atoms with Crippen LogP contribution in [0.4, 0.5) is 4.39 Å². The summed E-state index contributed by atoms with van der Waals surface area (Å²) in [7, 11) is 0. The molecule has 18 heavy (non-hydrogen) atoms. The summed E-state index contributed by atoms with van der Waals surface area (Å²) in [5, 5.41) is 0. The van der Waals surface area contributed by atoms with Crippen molar-refractivity contribution in [2.75, 3.05) is 6.61 Å². The number of ether oxygens (including phenoxy) is 1. The molecule has 98 valence electrons. The summed E-state index contributed by atoms with van der Waals surface area (Å²) >= 11 is 0. The van der Waals surface area contributed by atoms with E-state index in [-0.39, 0.29) is 6.61 Å². The van der Waals surface area contributed by atoms with Crippen LogP contribution in [0, 0.1) is 5.92 Å². The molecule has 0 radical (unpaired) electrons. The lowest BCUT2D eigenvalue weighted by molar-refractivity contribution is 0.228. The lowest BCUT2D eigenvalue weighted by atomic mass is 9.89. The van der Waals surface area contributed by atoms with E-state index in [4.69, 9.17) is 4.74 Å². The highest BCUT2D eigenvalue weighted by molar-refractivity contribution is 5.21. The Morgan fingerprint density at radius 1 is 1.17 bits per heavy atom. The molecule has 0 amide bonds. The van der Waals surface area contributed by atoms with Crippen LogP contribution in [-0.4, -0.2) is 12.8 Å². The highest BCUT2D eigenvalue weighted by atomic mass is 19.1. The van der Waals surface area contributed by atoms with E-state index in [1.807, 2.05) is 36.4 Å². The fourth-order valence-electron chi connectivity index (χ4n) is 2.35. The van der Waals surface area contributed by atoms with Gasteiger partial charge in [0.15, 0.2) is 6.17 Å². The minimum atomic E-state index is -1.01. The molecule has 1 aromatic rings. The summed E-state index contributed by atoms with van der Waals surface area (Å²) in [6, 6.07) is 9.39. The quantitative estimate of drug-likeness (QED) is 0.695. The summed E-state index contributed by atoms with van der Waals surface area (Å²) in [4.78, 5) is 0. The Bertz CT molecular complexity index is 355. The van der Waals surface area contributed by atoms with Gasteiger partial charge in [-0.25, -0.2) is 4.39 Å². The van der Waals surface area contributed by atoms with Crippen LogP contribution in [0.5, 0.6) is 5.75 Å². The molecule has 2 rings (SSSR count). The highest BCUT2D eigenvalue weighted by Gasteiger charge is 2.11. The van der Waals surface area contributed by atoms with Crippen LogP contribution >= 0.6 is 0 Å². The van der Waals surface area contributed by atoms with Crippen LogP contribution < -0.4 is 4.74 Å². The summed E-state index contributed by atoms with van der Waals surface area (Å²) in [6.45, 7) is 0.104. The van der Waals surface area contributed by atoms with E-state index in [1.54, 1.807) is 6.08 Å². The molecule has 1 fully saturated rings. The van der Waals surface area contributed by atoms with Crippen LogP contribution in [0.25, 0.3) is 0 Å². The Hall–Kier alpha value is -1.31. The van der Waals surface area contributed by atoms with Crippen molar-refractivity contribution in [1.82, 2.24) is 0 Å². The van der Waals surface area contributed by atoms with E-state index >= 15 is 0 Å². The van der Waals surface area contributed by atoms with Gasteiger partial charge in [-0.05, 0) is 30.9 Å². The topological polar surface area (TPSA) is 9.23 Å². The van der Waals surface area contributed by atoms with Crippen molar-refractivity contribution in [2.45, 2.75) is 38.3 Å². The van der Waals surface area contributed by atoms with Crippen molar-refractivity contribution in [3.05, 3.63) is 42.5 Å². The minimum Gasteiger partial charge on any atom is -0.490 e. The number of hydrogen-bond acceptors (Lipinski definition) is 1. The first-order chi connectivity index (χ1) is 8.84. The Balaban J connectivity index is 1.71. The van der Waals surface area contributed by atoms with Crippen LogP contribution in [-0.2, 0) is 0 Å². The lowest BCUT2D eigenvalue weighted by Gasteiger charge is -2.18. The van der Waals surface area contributed by atoms with Gasteiger partial charge in [-0.1, -0.05) is 49.6 Å². The first-order valence-corrected chi connectivity index (χ1v) is 6.85. The van der Waals surface area contributed by atoms with E-state index in [1.165, 1.54) is 32.1 Å². The maximum atomic E-state index is 13.6. The molecule has 1 saturated carbocycles. The van der Waals surface area contributed by atoms with Crippen molar-refractivity contribution in [3.8, 4) is 5.75 Å². The SMILES string of the molecule is FC(/C=C/C1CCCCC1)COc1ccccc1. The molecule has 1 unspecified atom stereocenters. The van der Waals surface area contributed by atoms with Crippen molar-refractivity contribution in [3.63, 3.8) is 0 Å². The van der Waals surface area contributed by atoms with Gasteiger partial charge in [0.25, 0.3) is 0 Å². The molecule has 1 nitrogen and oxygen atoms in total. The molecular formula is C16H21FO. The first-order valence-electron chi connectivity index (χ1n) is 6.85. The van der Waals surface area contributed by atoms with Gasteiger partial charge in [0.05, 0.1) is 0 Å². The number of rotatable bonds is 5. The fraction of sp³-hybridized carbons (Fsp3) is 0.500. The molecule has 0 spiro atoms. The second-order valence-electron chi connectivity index (χ2n) is 4.92. The van der Waals surface area contributed by atoms with Crippen LogP contribution in [0.1, 0.15) is 32.1 Å². The molecule has 0 N–H and O–H groups in total. The molecule has 0 heterocycles. The third kappa shape index (κ3) is 4.52. The number of benzene rings is 1. The molecule has 1 aliphatic carbocycles. The molecule has 1 atom stereocenters. The standard InChI is InChI=1S/C16H21FO/c17-15(12-11-14-7-3-1-4-8-14)13-18-16-9-5-2-6-10-16/h2,5-6,9-12,14-15H,1,3-4,7-8,13H2/b12-11+. The normalized spacial score (nSPS) is 18.9. The number of hydrogen-bond donors (Lipinski definition) is 0. The Morgan fingerprint density at radius 2 is 1.89 bits per heavy atom. The molecular weight excluding hydrogens is 227 g/mol. The molecule has 0 aromatic heterocycles. The average molecular weight is 248 g/mol. The number of allylic oxidation sites excluding steroid dienone is 1. The predicted molar refractivity (Wildman–Crippen MR) is 72.5 cm³/mol. The van der Waals surface area contributed by atoms with Crippen molar-refractivity contribution < 1.29 is 9.13 Å². The zero-order valence-electron chi connectivity index (χ0n) is 10.7. The molecule has 0 saturated heterocycles. The Morgan fingerprint density at radius 3 is 2.61 bits per heavy atom. The van der Waals surface area contributed by atoms with E-state index in [9.17, 15) is 4.39 Å². The second-order valence-corrected chi connectivity index (χ2v) is 4.92. The smallest absolute Gasteiger partial charge is 0.152 e. The van der Waals surface area contributed by atoms with Crippen LogP contribution in [0.3, 0.4) is 0 Å². The zero-order valence-corrected chi connectivity index (χ0v) is 10.7. The average Bonchev–Trinajstić information content (AvgIpc) is 2.45. The van der Waals surface area contributed by atoms with E-state index in [0.717, 1.165) is 5.75 Å². The predicted octanol–water partition coefficient (Wildman–Crippen LogP) is 4.54. The van der Waals surface area contributed by atoms with Gasteiger partial charge < -0.3 is 4.74 Å². The van der Waals surface area contributed by atoms with Gasteiger partial charge in [-0.15, -0.1) is 0 Å². The number of para-hydroxylation sites is 1. The van der Waals surface area contributed by atoms with Gasteiger partial charge in [-0.3, -0.25) is 0 Å². The minimum absolute atomic E-state index is 0.104. The van der Waals surface area contributed by atoms with E-state index in [2.05, 4.69) is 0 Å². The monoisotopic (exact) mass is 248 g/mol. The van der Waals surface area contributed by atoms with Gasteiger partial charge in [0.2, 0.25) is 0 Å². The summed E-state index contributed by atoms with van der Waals surface area (Å²) < 4.78 is 19.0. The lowest BCUT2D eigenvalue weighted by Crippen LogP contribution is -2.11. The van der Waals surface area contributed by atoms with Crippen molar-refractivity contribution in [1.29, 1.82) is 0 Å². The third-order valence-corrected chi connectivity index (χ3v) is 3.39. The zero-order chi connectivity index (χ0) is 12.6. The molecule has 1 aliphatic rings. The summed E-state index contributed by atoms with van der Waals surface area (Å²) in [6.07, 6.45) is 9.02. The Labute approximate surface area is 109 Å². The van der Waals surface area contributed by atoms with Crippen LogP contribution in [0.2, 0.25) is 0 Å². The van der Waals surface area contributed by atoms with Crippen molar-refractivity contribution in [2.24, 2.45) is 5.92 Å². The molecule has 1 aromatic carbocycles. The Kier molecular flexibility index (Phi) is 5.25. The first kappa shape index (κ1) is 13.1. The summed E-state index contributed by atoms with van der Waals surface area (Å²) in [5.41, 5.74) is 0. The molecule has 0 bridgehead atoms. The second kappa shape index (κ2) is 7.20. The van der Waals surface area contributed by atoms with Crippen LogP contribution in [0.15, 0.2) is 42.5 Å². The van der Waals surface area contributed by atoms with Gasteiger partial charge in [-0.2, -0.15) is 0 Å². The summed E-state index contributed by atoms with van der Waals surface area (Å²) in [5.74, 6) is 1.31. The number of halogens is 1. The van der Waals surface area contributed by atoms with Gasteiger partial charge in [0, 0.05) is 0 Å². The number of alkyl halides is 1. The molecule has 2 heteroatoms. The molecule has 0 aliphatic heterocycles. The van der Waals surface area contributed by atoms with E-state index in [0.29, 0.717) is 5.92 Å². The van der Waals surface area contributed by atoms with Gasteiger partial charge in [0.1, 0.15) is 12.4 Å². The highest BCUT2D eigenvalue weighted by Crippen LogP contribution is 2.24.